The minimum atomic E-state index is -0.574. The van der Waals surface area contributed by atoms with E-state index >= 15 is 0 Å². The highest BCUT2D eigenvalue weighted by Gasteiger charge is 2.15. The van der Waals surface area contributed by atoms with E-state index in [4.69, 9.17) is 0 Å². The molecule has 2 aromatic rings. The zero-order valence-electron chi connectivity index (χ0n) is 11.8. The molecule has 2 aromatic heterocycles. The molecule has 2 heterocycles. The highest BCUT2D eigenvalue weighted by molar-refractivity contribution is 5.97. The molecule has 0 aliphatic carbocycles. The number of nitrogens with one attached hydrogen (secondary N) is 1. The number of nitrogens with zero attached hydrogens (tertiary/aromatic N) is 2. The number of aromatic amines is 1. The molecule has 0 amide bonds. The number of hydrogen-bond donors (Lipinski definition) is 1. The average molecular weight is 275 g/mol. The molecule has 2 rings (SSSR count). The second-order valence-electron chi connectivity index (χ2n) is 4.69. The molecule has 0 unspecified atom stereocenters. The molecule has 0 aliphatic rings. The molecule has 0 fully saturated rings. The number of carbonyl (C=O) groups is 1. The van der Waals surface area contributed by atoms with E-state index in [0.29, 0.717) is 5.56 Å². The van der Waals surface area contributed by atoms with Gasteiger partial charge in [-0.15, -0.1) is 0 Å². The van der Waals surface area contributed by atoms with Crippen LogP contribution in [0.4, 0.5) is 0 Å². The lowest BCUT2D eigenvalue weighted by atomic mass is 10.1. The van der Waals surface area contributed by atoms with Crippen LogP contribution in [0.1, 0.15) is 28.7 Å². The lowest BCUT2D eigenvalue weighted by Gasteiger charge is -2.06. The van der Waals surface area contributed by atoms with Gasteiger partial charge in [0.05, 0.1) is 6.54 Å². The molecule has 0 radical (unpaired) electrons. The summed E-state index contributed by atoms with van der Waals surface area (Å²) in [5, 5.41) is 0. The maximum Gasteiger partial charge on any atom is 0.328 e. The van der Waals surface area contributed by atoms with Crippen LogP contribution < -0.4 is 11.2 Å². The maximum atomic E-state index is 12.3. The van der Waals surface area contributed by atoms with Crippen molar-refractivity contribution in [2.24, 2.45) is 0 Å². The Morgan fingerprint density at radius 3 is 2.55 bits per heavy atom. The maximum absolute atomic E-state index is 12.3. The van der Waals surface area contributed by atoms with Crippen molar-refractivity contribution in [2.45, 2.75) is 33.9 Å². The van der Waals surface area contributed by atoms with Crippen LogP contribution >= 0.6 is 0 Å². The molecule has 0 aliphatic heterocycles. The van der Waals surface area contributed by atoms with E-state index in [1.807, 2.05) is 31.4 Å². The Kier molecular flexibility index (Phi) is 3.74. The minimum Gasteiger partial charge on any atom is -0.349 e. The fourth-order valence-electron chi connectivity index (χ4n) is 2.38. The molecule has 20 heavy (non-hydrogen) atoms. The molecule has 106 valence electrons. The van der Waals surface area contributed by atoms with Gasteiger partial charge in [-0.25, -0.2) is 4.79 Å². The van der Waals surface area contributed by atoms with Crippen LogP contribution in [0.25, 0.3) is 0 Å². The number of aromatic nitrogens is 3. The van der Waals surface area contributed by atoms with E-state index in [1.165, 1.54) is 16.8 Å². The van der Waals surface area contributed by atoms with Gasteiger partial charge in [-0.1, -0.05) is 0 Å². The van der Waals surface area contributed by atoms with Gasteiger partial charge in [0.25, 0.3) is 5.56 Å². The van der Waals surface area contributed by atoms with Crippen molar-refractivity contribution in [3.8, 4) is 0 Å². The van der Waals surface area contributed by atoms with Crippen molar-refractivity contribution < 1.29 is 4.79 Å². The zero-order chi connectivity index (χ0) is 14.9. The van der Waals surface area contributed by atoms with Crippen LogP contribution in [0, 0.1) is 13.8 Å². The SMILES string of the molecule is CCn1c(C)cc(C(=O)Cn2ccc(=O)[nH]c2=O)c1C. The Bertz CT molecular complexity index is 765. The van der Waals surface area contributed by atoms with Gasteiger partial charge in [-0.05, 0) is 26.8 Å². The molecular weight excluding hydrogens is 258 g/mol. The van der Waals surface area contributed by atoms with Crippen LogP contribution in [0.5, 0.6) is 0 Å². The summed E-state index contributed by atoms with van der Waals surface area (Å²) in [7, 11) is 0. The van der Waals surface area contributed by atoms with Crippen molar-refractivity contribution in [1.29, 1.82) is 0 Å². The number of H-pyrrole nitrogens is 1. The lowest BCUT2D eigenvalue weighted by Crippen LogP contribution is -2.30. The summed E-state index contributed by atoms with van der Waals surface area (Å²) in [5.41, 5.74) is 1.48. The molecule has 6 nitrogen and oxygen atoms in total. The number of rotatable bonds is 4. The Morgan fingerprint density at radius 1 is 1.30 bits per heavy atom. The summed E-state index contributed by atoms with van der Waals surface area (Å²) < 4.78 is 3.24. The highest BCUT2D eigenvalue weighted by Crippen LogP contribution is 2.15. The molecule has 0 saturated heterocycles. The summed E-state index contributed by atoms with van der Waals surface area (Å²) in [6.45, 7) is 6.56. The summed E-state index contributed by atoms with van der Waals surface area (Å²) in [4.78, 5) is 37.0. The molecule has 0 bridgehead atoms. The quantitative estimate of drug-likeness (QED) is 0.841. The van der Waals surface area contributed by atoms with Crippen LogP contribution in [0.2, 0.25) is 0 Å². The van der Waals surface area contributed by atoms with Gasteiger partial charge in [0.1, 0.15) is 0 Å². The van der Waals surface area contributed by atoms with Crippen molar-refractivity contribution in [2.75, 3.05) is 0 Å². The van der Waals surface area contributed by atoms with Crippen LogP contribution in [-0.2, 0) is 13.1 Å². The predicted molar refractivity (Wildman–Crippen MR) is 75.2 cm³/mol. The summed E-state index contributed by atoms with van der Waals surface area (Å²) in [6, 6.07) is 3.06. The first-order chi connectivity index (χ1) is 9.43. The Labute approximate surface area is 115 Å². The Morgan fingerprint density at radius 2 is 2.00 bits per heavy atom. The molecule has 0 spiro atoms. The van der Waals surface area contributed by atoms with Gasteiger partial charge in [0.2, 0.25) is 0 Å². The van der Waals surface area contributed by atoms with Crippen LogP contribution in [0.15, 0.2) is 27.9 Å². The fraction of sp³-hybridized carbons (Fsp3) is 0.357. The third-order valence-electron chi connectivity index (χ3n) is 3.40. The number of carbonyl (C=O) groups excluding carboxylic acids is 1. The smallest absolute Gasteiger partial charge is 0.328 e. The van der Waals surface area contributed by atoms with E-state index in [0.717, 1.165) is 17.9 Å². The topological polar surface area (TPSA) is 76.9 Å². The van der Waals surface area contributed by atoms with Gasteiger partial charge in [-0.3, -0.25) is 19.1 Å². The minimum absolute atomic E-state index is 0.0797. The second kappa shape index (κ2) is 5.32. The number of Topliss-reactive ketones (excluding diaryl/α,β-unsaturated/α-hetero) is 1. The van der Waals surface area contributed by atoms with Crippen molar-refractivity contribution >= 4 is 5.78 Å². The zero-order valence-corrected chi connectivity index (χ0v) is 11.8. The third kappa shape index (κ3) is 2.49. The van der Waals surface area contributed by atoms with E-state index in [1.54, 1.807) is 0 Å². The standard InChI is InChI=1S/C14H17N3O3/c1-4-17-9(2)7-11(10(17)3)12(18)8-16-6-5-13(19)15-14(16)20/h5-7H,4,8H2,1-3H3,(H,15,19,20). The first kappa shape index (κ1) is 14.0. The van der Waals surface area contributed by atoms with Gasteiger partial charge in [0.15, 0.2) is 5.78 Å². The van der Waals surface area contributed by atoms with E-state index in [2.05, 4.69) is 4.98 Å². The molecule has 0 saturated carbocycles. The van der Waals surface area contributed by atoms with E-state index in [-0.39, 0.29) is 12.3 Å². The monoisotopic (exact) mass is 275 g/mol. The lowest BCUT2D eigenvalue weighted by molar-refractivity contribution is 0.0969. The Hall–Kier alpha value is -2.37. The van der Waals surface area contributed by atoms with Gasteiger partial charge in [0, 0.05) is 35.8 Å². The largest absolute Gasteiger partial charge is 0.349 e. The molecule has 0 atom stereocenters. The normalized spacial score (nSPS) is 10.8. The summed E-state index contributed by atoms with van der Waals surface area (Å²) >= 11 is 0. The summed E-state index contributed by atoms with van der Waals surface area (Å²) in [5.74, 6) is -0.146. The molecule has 0 aromatic carbocycles. The van der Waals surface area contributed by atoms with E-state index in [9.17, 15) is 14.4 Å². The van der Waals surface area contributed by atoms with Crippen molar-refractivity contribution in [1.82, 2.24) is 14.1 Å². The molecular formula is C14H17N3O3. The Balaban J connectivity index is 2.33. The number of ketones is 1. The first-order valence-corrected chi connectivity index (χ1v) is 6.43. The number of aryl methyl sites for hydroxylation is 1. The second-order valence-corrected chi connectivity index (χ2v) is 4.69. The average Bonchev–Trinajstić information content (AvgIpc) is 2.68. The van der Waals surface area contributed by atoms with Gasteiger partial charge in [-0.2, -0.15) is 0 Å². The van der Waals surface area contributed by atoms with Crippen molar-refractivity contribution in [3.05, 3.63) is 56.1 Å². The molecule has 1 N–H and O–H groups in total. The fourth-order valence-corrected chi connectivity index (χ4v) is 2.38. The summed E-state index contributed by atoms with van der Waals surface area (Å²) in [6.07, 6.45) is 1.33. The predicted octanol–water partition coefficient (Wildman–Crippen LogP) is 0.858. The van der Waals surface area contributed by atoms with Crippen LogP contribution in [0.3, 0.4) is 0 Å². The van der Waals surface area contributed by atoms with Gasteiger partial charge >= 0.3 is 5.69 Å². The van der Waals surface area contributed by atoms with Gasteiger partial charge < -0.3 is 4.57 Å². The van der Waals surface area contributed by atoms with Crippen LogP contribution in [-0.4, -0.2) is 19.9 Å². The van der Waals surface area contributed by atoms with E-state index < -0.39 is 11.2 Å². The van der Waals surface area contributed by atoms with Crippen molar-refractivity contribution in [3.63, 3.8) is 0 Å². The number of hydrogen-bond acceptors (Lipinski definition) is 3. The third-order valence-corrected chi connectivity index (χ3v) is 3.40. The first-order valence-electron chi connectivity index (χ1n) is 6.43. The highest BCUT2D eigenvalue weighted by atomic mass is 16.2. The molecule has 6 heteroatoms.